The first kappa shape index (κ1) is 18.7. The van der Waals surface area contributed by atoms with Gasteiger partial charge in [-0.25, -0.2) is 0 Å². The first-order valence-corrected chi connectivity index (χ1v) is 11.2. The maximum absolute atomic E-state index is 6.24. The van der Waals surface area contributed by atoms with Gasteiger partial charge in [0.25, 0.3) is 0 Å². The number of rotatable bonds is 7. The summed E-state index contributed by atoms with van der Waals surface area (Å²) in [5.74, 6) is 0.504. The Hall–Kier alpha value is -0.590. The molecule has 2 aromatic rings. The molecule has 0 spiro atoms. The van der Waals surface area contributed by atoms with Crippen LogP contribution in [0.4, 0.5) is 0 Å². The van der Waals surface area contributed by atoms with Gasteiger partial charge in [0, 0.05) is 18.4 Å². The van der Waals surface area contributed by atoms with Crippen LogP contribution in [0.2, 0.25) is 0 Å². The molecule has 1 nitrogen and oxygen atoms in total. The molecule has 0 amide bonds. The average Bonchev–Trinajstić information content (AvgIpc) is 2.54. The molecular formula is C19H24Cl2NP. The zero-order valence-corrected chi connectivity index (χ0v) is 16.4. The molecule has 2 rings (SSSR count). The highest BCUT2D eigenvalue weighted by Gasteiger charge is 2.15. The Morgan fingerprint density at radius 2 is 1.70 bits per heavy atom. The van der Waals surface area contributed by atoms with Gasteiger partial charge < -0.3 is 0 Å². The summed E-state index contributed by atoms with van der Waals surface area (Å²) in [7, 11) is 0. The molecule has 0 aliphatic rings. The number of halogens is 2. The Labute approximate surface area is 150 Å². The Morgan fingerprint density at radius 1 is 1.00 bits per heavy atom. The van der Waals surface area contributed by atoms with Gasteiger partial charge in [0.15, 0.2) is 0 Å². The molecule has 0 fully saturated rings. The quantitative estimate of drug-likeness (QED) is 0.523. The Kier molecular flexibility index (Phi) is 7.37. The summed E-state index contributed by atoms with van der Waals surface area (Å²) in [4.78, 5) is 2.42. The molecule has 0 heterocycles. The van der Waals surface area contributed by atoms with Gasteiger partial charge in [0.2, 0.25) is 0 Å². The minimum absolute atomic E-state index is 0.504. The number of benzene rings is 2. The van der Waals surface area contributed by atoms with Gasteiger partial charge in [-0.3, -0.25) is 4.90 Å². The molecule has 0 N–H and O–H groups in total. The van der Waals surface area contributed by atoms with Gasteiger partial charge >= 0.3 is 0 Å². The van der Waals surface area contributed by atoms with Crippen LogP contribution in [0, 0.1) is 0 Å². The first-order valence-electron chi connectivity index (χ1n) is 8.02. The molecule has 0 unspecified atom stereocenters. The van der Waals surface area contributed by atoms with Crippen molar-refractivity contribution in [3.05, 3.63) is 65.2 Å². The lowest BCUT2D eigenvalue weighted by Crippen LogP contribution is -2.25. The molecule has 0 aliphatic heterocycles. The van der Waals surface area contributed by atoms with Crippen LogP contribution >= 0.6 is 29.1 Å². The maximum atomic E-state index is 6.24. The molecule has 0 saturated heterocycles. The summed E-state index contributed by atoms with van der Waals surface area (Å²) in [6, 6.07) is 17.1. The van der Waals surface area contributed by atoms with Crippen molar-refractivity contribution in [2.75, 3.05) is 6.54 Å². The number of hydrogen-bond acceptors (Lipinski definition) is 1. The fourth-order valence-electron chi connectivity index (χ4n) is 2.62. The summed E-state index contributed by atoms with van der Waals surface area (Å²) in [5.41, 5.74) is 3.92. The fraction of sp³-hybridized carbons (Fsp3) is 0.368. The molecule has 4 heteroatoms. The summed E-state index contributed by atoms with van der Waals surface area (Å²) < 4.78 is 0. The number of hydrogen-bond donors (Lipinski definition) is 0. The predicted octanol–water partition coefficient (Wildman–Crippen LogP) is 6.25. The largest absolute Gasteiger partial charge is 0.295 e. The van der Waals surface area contributed by atoms with Crippen LogP contribution in [0.15, 0.2) is 48.5 Å². The SMILES string of the molecule is CCN(Cc1ccccc1)Cc1cc(C(C)C)ccc1P(Cl)Cl. The van der Waals surface area contributed by atoms with E-state index in [-0.39, 0.29) is 0 Å². The topological polar surface area (TPSA) is 3.24 Å². The highest BCUT2D eigenvalue weighted by Crippen LogP contribution is 2.46. The summed E-state index contributed by atoms with van der Waals surface area (Å²) in [6.07, 6.45) is 0. The third-order valence-corrected chi connectivity index (χ3v) is 5.94. The van der Waals surface area contributed by atoms with E-state index in [1.165, 1.54) is 16.7 Å². The van der Waals surface area contributed by atoms with Crippen molar-refractivity contribution in [2.24, 2.45) is 0 Å². The van der Waals surface area contributed by atoms with Gasteiger partial charge in [-0.05, 0) is 29.2 Å². The molecule has 0 bridgehead atoms. The van der Waals surface area contributed by atoms with E-state index in [4.69, 9.17) is 22.5 Å². The number of nitrogens with zero attached hydrogens (tertiary/aromatic N) is 1. The Balaban J connectivity index is 2.23. The Morgan fingerprint density at radius 3 is 2.26 bits per heavy atom. The van der Waals surface area contributed by atoms with E-state index >= 15 is 0 Å². The fourth-order valence-corrected chi connectivity index (χ4v) is 4.15. The normalized spacial score (nSPS) is 11.7. The van der Waals surface area contributed by atoms with Crippen molar-refractivity contribution in [3.8, 4) is 0 Å². The minimum atomic E-state index is -1.13. The monoisotopic (exact) mass is 367 g/mol. The third kappa shape index (κ3) is 5.47. The van der Waals surface area contributed by atoms with Gasteiger partial charge in [0.05, 0.1) is 0 Å². The van der Waals surface area contributed by atoms with E-state index in [1.807, 2.05) is 0 Å². The van der Waals surface area contributed by atoms with E-state index in [2.05, 4.69) is 74.2 Å². The molecule has 0 saturated carbocycles. The van der Waals surface area contributed by atoms with Gasteiger partial charge in [-0.2, -0.15) is 0 Å². The lowest BCUT2D eigenvalue weighted by Gasteiger charge is -2.23. The molecule has 0 radical (unpaired) electrons. The van der Waals surface area contributed by atoms with Crippen molar-refractivity contribution in [2.45, 2.75) is 39.8 Å². The van der Waals surface area contributed by atoms with E-state index in [0.717, 1.165) is 24.9 Å². The Bertz CT molecular complexity index is 614. The van der Waals surface area contributed by atoms with E-state index in [9.17, 15) is 0 Å². The zero-order valence-electron chi connectivity index (χ0n) is 14.0. The molecule has 0 aromatic heterocycles. The van der Waals surface area contributed by atoms with Crippen molar-refractivity contribution in [3.63, 3.8) is 0 Å². The molecular weight excluding hydrogens is 344 g/mol. The second-order valence-electron chi connectivity index (χ2n) is 6.06. The van der Waals surface area contributed by atoms with Crippen LogP contribution in [0.5, 0.6) is 0 Å². The molecule has 2 aromatic carbocycles. The van der Waals surface area contributed by atoms with E-state index in [1.54, 1.807) is 0 Å². The zero-order chi connectivity index (χ0) is 16.8. The average molecular weight is 368 g/mol. The summed E-state index contributed by atoms with van der Waals surface area (Å²) in [6.45, 7) is 8.29. The second-order valence-corrected chi connectivity index (χ2v) is 9.56. The highest BCUT2D eigenvalue weighted by atomic mass is 35.9. The van der Waals surface area contributed by atoms with E-state index < -0.39 is 6.63 Å². The summed E-state index contributed by atoms with van der Waals surface area (Å²) in [5, 5.41) is 1.08. The van der Waals surface area contributed by atoms with E-state index in [0.29, 0.717) is 5.92 Å². The van der Waals surface area contributed by atoms with Crippen LogP contribution in [0.25, 0.3) is 0 Å². The van der Waals surface area contributed by atoms with Crippen LogP contribution < -0.4 is 5.30 Å². The van der Waals surface area contributed by atoms with Crippen molar-refractivity contribution >= 4 is 34.4 Å². The summed E-state index contributed by atoms with van der Waals surface area (Å²) >= 11 is 12.5. The third-order valence-electron chi connectivity index (χ3n) is 4.04. The van der Waals surface area contributed by atoms with Crippen LogP contribution in [0.3, 0.4) is 0 Å². The van der Waals surface area contributed by atoms with Crippen molar-refractivity contribution < 1.29 is 0 Å². The molecule has 23 heavy (non-hydrogen) atoms. The van der Waals surface area contributed by atoms with Gasteiger partial charge in [0.1, 0.15) is 6.63 Å². The first-order chi connectivity index (χ1) is 11.0. The molecule has 0 aliphatic carbocycles. The van der Waals surface area contributed by atoms with Gasteiger partial charge in [-0.15, -0.1) is 0 Å². The smallest absolute Gasteiger partial charge is 0.117 e. The second kappa shape index (κ2) is 9.04. The minimum Gasteiger partial charge on any atom is -0.295 e. The lowest BCUT2D eigenvalue weighted by molar-refractivity contribution is 0.272. The standard InChI is InChI=1S/C19H24Cl2NP/c1-4-22(13-16-8-6-5-7-9-16)14-18-12-17(15(2)3)10-11-19(18)23(20)21/h5-12,15H,4,13-14H2,1-3H3. The maximum Gasteiger partial charge on any atom is 0.117 e. The molecule has 0 atom stereocenters. The van der Waals surface area contributed by atoms with Crippen LogP contribution in [-0.4, -0.2) is 11.4 Å². The lowest BCUT2D eigenvalue weighted by atomic mass is 10.0. The van der Waals surface area contributed by atoms with Crippen molar-refractivity contribution in [1.82, 2.24) is 4.90 Å². The predicted molar refractivity (Wildman–Crippen MR) is 105 cm³/mol. The van der Waals surface area contributed by atoms with Crippen LogP contribution in [-0.2, 0) is 13.1 Å². The highest BCUT2D eigenvalue weighted by molar-refractivity contribution is 8.08. The van der Waals surface area contributed by atoms with Crippen molar-refractivity contribution in [1.29, 1.82) is 0 Å². The van der Waals surface area contributed by atoms with Gasteiger partial charge in [-0.1, -0.05) is 91.8 Å². The molecule has 124 valence electrons. The van der Waals surface area contributed by atoms with Crippen LogP contribution in [0.1, 0.15) is 43.4 Å².